The molecular weight excluding hydrogens is 342 g/mol. The Morgan fingerprint density at radius 3 is 2.30 bits per heavy atom. The van der Waals surface area contributed by atoms with Gasteiger partial charge in [0.15, 0.2) is 0 Å². The average Bonchev–Trinajstić information content (AvgIpc) is 2.47. The molecule has 0 unspecified atom stereocenters. The normalized spacial score (nSPS) is 17.6. The van der Waals surface area contributed by atoms with E-state index in [1.807, 2.05) is 0 Å². The van der Waals surface area contributed by atoms with Gasteiger partial charge in [-0.2, -0.15) is 0 Å². The van der Waals surface area contributed by atoms with Crippen LogP contribution in [0.2, 0.25) is 0 Å². The first-order chi connectivity index (χ1) is 10.4. The Labute approximate surface area is 146 Å². The number of carbonyl (C=O) groups excluding carboxylic acids is 1. The second kappa shape index (κ2) is 10.5. The third-order valence-corrected chi connectivity index (χ3v) is 6.12. The molecule has 1 aliphatic heterocycles. The van der Waals surface area contributed by atoms with E-state index in [1.165, 1.54) is 4.31 Å². The van der Waals surface area contributed by atoms with Crippen molar-refractivity contribution in [2.45, 2.75) is 26.7 Å². The first kappa shape index (κ1) is 22.6. The number of nitrogens with one attached hydrogen (secondary N) is 2. The number of carbonyl (C=O) groups is 1. The van der Waals surface area contributed by atoms with Gasteiger partial charge in [-0.15, -0.1) is 12.4 Å². The van der Waals surface area contributed by atoms with Crippen LogP contribution in [-0.4, -0.2) is 70.8 Å². The Morgan fingerprint density at radius 2 is 1.83 bits per heavy atom. The first-order valence-electron chi connectivity index (χ1n) is 7.83. The van der Waals surface area contributed by atoms with Crippen LogP contribution in [-0.2, 0) is 19.6 Å². The number of hydrogen-bond acceptors (Lipinski definition) is 5. The molecule has 23 heavy (non-hydrogen) atoms. The molecule has 0 aromatic rings. The Balaban J connectivity index is 0.00000484. The molecule has 1 rings (SSSR count). The summed E-state index contributed by atoms with van der Waals surface area (Å²) in [5.74, 6) is -0.934. The maximum absolute atomic E-state index is 12.1. The summed E-state index contributed by atoms with van der Waals surface area (Å²) in [5, 5.41) is 6.07. The number of sulfonamides is 1. The van der Waals surface area contributed by atoms with E-state index in [9.17, 15) is 13.2 Å². The lowest BCUT2D eigenvalue weighted by atomic mass is 9.79. The number of ether oxygens (including phenoxy) is 1. The molecule has 2 N–H and O–H groups in total. The molecule has 1 heterocycles. The minimum Gasteiger partial charge on any atom is -0.384 e. The quantitative estimate of drug-likeness (QED) is 0.605. The van der Waals surface area contributed by atoms with Crippen molar-refractivity contribution in [3.8, 4) is 0 Å². The number of amides is 1. The SMILES string of the molecule is CCN(CC)S(=O)(=O)CC(=O)NCC1(COC)CCNCC1.Cl. The highest BCUT2D eigenvalue weighted by Gasteiger charge is 2.33. The van der Waals surface area contributed by atoms with Crippen molar-refractivity contribution in [1.29, 1.82) is 0 Å². The van der Waals surface area contributed by atoms with Gasteiger partial charge in [-0.1, -0.05) is 13.8 Å². The van der Waals surface area contributed by atoms with E-state index in [-0.39, 0.29) is 17.8 Å². The molecule has 1 aliphatic rings. The standard InChI is InChI=1S/C14H29N3O4S.ClH/c1-4-17(5-2)22(19,20)10-13(18)16-11-14(12-21-3)6-8-15-9-7-14;/h15H,4-12H2,1-3H3,(H,16,18);1H. The summed E-state index contributed by atoms with van der Waals surface area (Å²) in [5.41, 5.74) is -0.103. The van der Waals surface area contributed by atoms with Crippen molar-refractivity contribution < 1.29 is 17.9 Å². The van der Waals surface area contributed by atoms with Gasteiger partial charge in [0.05, 0.1) is 6.61 Å². The smallest absolute Gasteiger partial charge is 0.236 e. The maximum Gasteiger partial charge on any atom is 0.236 e. The van der Waals surface area contributed by atoms with E-state index in [4.69, 9.17) is 4.74 Å². The van der Waals surface area contributed by atoms with E-state index in [1.54, 1.807) is 21.0 Å². The van der Waals surface area contributed by atoms with Crippen molar-refractivity contribution in [1.82, 2.24) is 14.9 Å². The number of rotatable bonds is 9. The lowest BCUT2D eigenvalue weighted by Gasteiger charge is -2.37. The van der Waals surface area contributed by atoms with Crippen molar-refractivity contribution >= 4 is 28.3 Å². The van der Waals surface area contributed by atoms with Crippen LogP contribution in [0.4, 0.5) is 0 Å². The fourth-order valence-electron chi connectivity index (χ4n) is 2.85. The minimum atomic E-state index is -3.53. The zero-order valence-electron chi connectivity index (χ0n) is 14.3. The molecule has 138 valence electrons. The highest BCUT2D eigenvalue weighted by Crippen LogP contribution is 2.28. The van der Waals surface area contributed by atoms with Crippen LogP contribution in [0.15, 0.2) is 0 Å². The topological polar surface area (TPSA) is 87.7 Å². The maximum atomic E-state index is 12.1. The zero-order chi connectivity index (χ0) is 16.6. The third-order valence-electron chi connectivity index (χ3n) is 4.19. The highest BCUT2D eigenvalue weighted by atomic mass is 35.5. The number of methoxy groups -OCH3 is 1. The Bertz CT molecular complexity index is 443. The molecule has 0 aliphatic carbocycles. The predicted octanol–water partition coefficient (Wildman–Crippen LogP) is 0.212. The third kappa shape index (κ3) is 6.93. The lowest BCUT2D eigenvalue weighted by molar-refractivity contribution is -0.119. The van der Waals surface area contributed by atoms with Gasteiger partial charge in [0, 0.05) is 32.2 Å². The fourth-order valence-corrected chi connectivity index (χ4v) is 4.25. The molecular formula is C14H30ClN3O4S. The molecule has 9 heteroatoms. The van der Waals surface area contributed by atoms with Crippen LogP contribution in [0.25, 0.3) is 0 Å². The fraction of sp³-hybridized carbons (Fsp3) is 0.929. The highest BCUT2D eigenvalue weighted by molar-refractivity contribution is 7.89. The molecule has 1 saturated heterocycles. The second-order valence-corrected chi connectivity index (χ2v) is 7.77. The lowest BCUT2D eigenvalue weighted by Crippen LogP contribution is -2.48. The molecule has 1 fully saturated rings. The van der Waals surface area contributed by atoms with Gasteiger partial charge in [-0.05, 0) is 25.9 Å². The number of piperidine rings is 1. The summed E-state index contributed by atoms with van der Waals surface area (Å²) in [6, 6.07) is 0. The van der Waals surface area contributed by atoms with E-state index in [0.717, 1.165) is 25.9 Å². The van der Waals surface area contributed by atoms with E-state index in [2.05, 4.69) is 10.6 Å². The number of halogens is 1. The summed E-state index contributed by atoms with van der Waals surface area (Å²) in [6.07, 6.45) is 1.81. The van der Waals surface area contributed by atoms with Crippen molar-refractivity contribution in [3.05, 3.63) is 0 Å². The molecule has 0 spiro atoms. The van der Waals surface area contributed by atoms with Gasteiger partial charge < -0.3 is 15.4 Å². The van der Waals surface area contributed by atoms with Crippen molar-refractivity contribution in [2.75, 3.05) is 52.2 Å². The van der Waals surface area contributed by atoms with E-state index >= 15 is 0 Å². The molecule has 0 saturated carbocycles. The largest absolute Gasteiger partial charge is 0.384 e. The molecule has 7 nitrogen and oxygen atoms in total. The Kier molecular flexibility index (Phi) is 10.3. The van der Waals surface area contributed by atoms with Gasteiger partial charge in [0.1, 0.15) is 5.75 Å². The Hall–Kier alpha value is -0.410. The molecule has 0 aromatic heterocycles. The molecule has 0 aromatic carbocycles. The monoisotopic (exact) mass is 371 g/mol. The molecule has 0 bridgehead atoms. The van der Waals surface area contributed by atoms with Gasteiger partial charge in [0.25, 0.3) is 0 Å². The summed E-state index contributed by atoms with van der Waals surface area (Å²) in [6.45, 7) is 7.08. The van der Waals surface area contributed by atoms with Crippen LogP contribution < -0.4 is 10.6 Å². The van der Waals surface area contributed by atoms with Crippen molar-refractivity contribution in [3.63, 3.8) is 0 Å². The minimum absolute atomic E-state index is 0. The first-order valence-corrected chi connectivity index (χ1v) is 9.44. The van der Waals surface area contributed by atoms with E-state index in [0.29, 0.717) is 26.2 Å². The van der Waals surface area contributed by atoms with Crippen LogP contribution >= 0.6 is 12.4 Å². The number of hydrogen-bond donors (Lipinski definition) is 2. The average molecular weight is 372 g/mol. The van der Waals surface area contributed by atoms with Gasteiger partial charge in [-0.25, -0.2) is 12.7 Å². The van der Waals surface area contributed by atoms with Crippen LogP contribution in [0, 0.1) is 5.41 Å². The molecule has 0 atom stereocenters. The van der Waals surface area contributed by atoms with E-state index < -0.39 is 21.7 Å². The van der Waals surface area contributed by atoms with Gasteiger partial charge in [-0.3, -0.25) is 4.79 Å². The molecule has 0 radical (unpaired) electrons. The zero-order valence-corrected chi connectivity index (χ0v) is 15.9. The predicted molar refractivity (Wildman–Crippen MR) is 93.4 cm³/mol. The van der Waals surface area contributed by atoms with Gasteiger partial charge >= 0.3 is 0 Å². The van der Waals surface area contributed by atoms with Crippen LogP contribution in [0.1, 0.15) is 26.7 Å². The summed E-state index contributed by atoms with van der Waals surface area (Å²) in [4.78, 5) is 12.0. The second-order valence-electron chi connectivity index (χ2n) is 5.80. The summed E-state index contributed by atoms with van der Waals surface area (Å²) in [7, 11) is -1.88. The van der Waals surface area contributed by atoms with Crippen LogP contribution in [0.3, 0.4) is 0 Å². The molecule has 1 amide bonds. The van der Waals surface area contributed by atoms with Crippen molar-refractivity contribution in [2.24, 2.45) is 5.41 Å². The van der Waals surface area contributed by atoms with Crippen LogP contribution in [0.5, 0.6) is 0 Å². The number of nitrogens with zero attached hydrogens (tertiary/aromatic N) is 1. The summed E-state index contributed by atoms with van der Waals surface area (Å²) < 4.78 is 30.8. The Morgan fingerprint density at radius 1 is 1.26 bits per heavy atom. The summed E-state index contributed by atoms with van der Waals surface area (Å²) >= 11 is 0. The van der Waals surface area contributed by atoms with Gasteiger partial charge in [0.2, 0.25) is 15.9 Å².